The van der Waals surface area contributed by atoms with Gasteiger partial charge in [0.15, 0.2) is 11.5 Å². The Morgan fingerprint density at radius 3 is 2.70 bits per heavy atom. The minimum absolute atomic E-state index is 0.233. The number of H-pyrrole nitrogens is 1. The summed E-state index contributed by atoms with van der Waals surface area (Å²) >= 11 is 0. The lowest BCUT2D eigenvalue weighted by molar-refractivity contribution is 0.0950. The largest absolute Gasteiger partial charge is 0.493 e. The number of amides is 1. The number of aromatic amines is 1. The monoisotopic (exact) mass is 368 g/mol. The highest BCUT2D eigenvalue weighted by Crippen LogP contribution is 2.31. The number of hydrazone groups is 1. The highest BCUT2D eigenvalue weighted by molar-refractivity contribution is 5.94. The number of hydrogen-bond donors (Lipinski definition) is 2. The molecule has 0 fully saturated rings. The number of hydrogen-bond acceptors (Lipinski definition) is 5. The van der Waals surface area contributed by atoms with Crippen LogP contribution in [-0.4, -0.2) is 36.5 Å². The van der Waals surface area contributed by atoms with E-state index in [2.05, 4.69) is 20.7 Å². The molecule has 138 valence electrons. The first kappa shape index (κ1) is 18.1. The van der Waals surface area contributed by atoms with Gasteiger partial charge in [-0.05, 0) is 42.0 Å². The Balaban J connectivity index is 1.70. The third-order valence-electron chi connectivity index (χ3n) is 3.73. The average Bonchev–Trinajstić information content (AvgIpc) is 3.17. The molecule has 0 saturated carbocycles. The summed E-state index contributed by atoms with van der Waals surface area (Å²) in [5, 5.41) is 10.6. The minimum atomic E-state index is -0.470. The van der Waals surface area contributed by atoms with Crippen LogP contribution in [0.4, 0.5) is 4.39 Å². The maximum Gasteiger partial charge on any atom is 0.289 e. The van der Waals surface area contributed by atoms with Gasteiger partial charge in [-0.1, -0.05) is 12.1 Å². The van der Waals surface area contributed by atoms with Gasteiger partial charge in [-0.2, -0.15) is 10.2 Å². The van der Waals surface area contributed by atoms with E-state index in [1.165, 1.54) is 18.3 Å². The van der Waals surface area contributed by atoms with Crippen LogP contribution in [0.15, 0.2) is 53.6 Å². The van der Waals surface area contributed by atoms with Crippen LogP contribution < -0.4 is 14.9 Å². The predicted molar refractivity (Wildman–Crippen MR) is 98.6 cm³/mol. The van der Waals surface area contributed by atoms with Crippen LogP contribution in [-0.2, 0) is 0 Å². The van der Waals surface area contributed by atoms with Crippen LogP contribution in [0.5, 0.6) is 11.5 Å². The molecule has 0 aliphatic heterocycles. The molecule has 0 aliphatic carbocycles. The van der Waals surface area contributed by atoms with E-state index >= 15 is 0 Å². The van der Waals surface area contributed by atoms with Crippen LogP contribution in [0.2, 0.25) is 0 Å². The van der Waals surface area contributed by atoms with Crippen LogP contribution in [0.25, 0.3) is 11.3 Å². The average molecular weight is 368 g/mol. The van der Waals surface area contributed by atoms with Gasteiger partial charge in [-0.15, -0.1) is 0 Å². The summed E-state index contributed by atoms with van der Waals surface area (Å²) in [6.45, 7) is 0. The van der Waals surface area contributed by atoms with Crippen molar-refractivity contribution < 1.29 is 18.7 Å². The fraction of sp³-hybridized carbons (Fsp3) is 0.105. The molecule has 0 bridgehead atoms. The third-order valence-corrected chi connectivity index (χ3v) is 3.73. The lowest BCUT2D eigenvalue weighted by atomic mass is 10.1. The Bertz CT molecular complexity index is 985. The standard InChI is InChI=1S/C19H17FN4O3/c1-26-17-7-6-13(9-18(17)27-2)15-10-16(23-22-15)19(25)24-21-11-12-4-3-5-14(20)8-12/h3-11H,1-2H3,(H,22,23)(H,24,25)/b21-11-. The topological polar surface area (TPSA) is 88.6 Å². The first-order chi connectivity index (χ1) is 13.1. The third kappa shape index (κ3) is 4.30. The Hall–Kier alpha value is -3.68. The molecule has 0 radical (unpaired) electrons. The second-order valence-electron chi connectivity index (χ2n) is 5.49. The van der Waals surface area contributed by atoms with Crippen molar-refractivity contribution >= 4 is 12.1 Å². The summed E-state index contributed by atoms with van der Waals surface area (Å²) in [6.07, 6.45) is 1.35. The molecular formula is C19H17FN4O3. The molecule has 1 heterocycles. The minimum Gasteiger partial charge on any atom is -0.493 e. The van der Waals surface area contributed by atoms with E-state index in [4.69, 9.17) is 9.47 Å². The van der Waals surface area contributed by atoms with Gasteiger partial charge in [-0.25, -0.2) is 9.82 Å². The van der Waals surface area contributed by atoms with Crippen molar-refractivity contribution in [1.29, 1.82) is 0 Å². The number of methoxy groups -OCH3 is 2. The summed E-state index contributed by atoms with van der Waals surface area (Å²) in [7, 11) is 3.10. The molecule has 1 amide bonds. The fourth-order valence-electron chi connectivity index (χ4n) is 2.39. The molecule has 3 aromatic rings. The number of halogens is 1. The quantitative estimate of drug-likeness (QED) is 0.517. The second-order valence-corrected chi connectivity index (χ2v) is 5.49. The van der Waals surface area contributed by atoms with Crippen molar-refractivity contribution in [3.63, 3.8) is 0 Å². The number of nitrogens with zero attached hydrogens (tertiary/aromatic N) is 2. The van der Waals surface area contributed by atoms with Gasteiger partial charge in [0.2, 0.25) is 0 Å². The Kier molecular flexibility index (Phi) is 5.46. The summed E-state index contributed by atoms with van der Waals surface area (Å²) in [6, 6.07) is 12.8. The van der Waals surface area contributed by atoms with E-state index in [1.54, 1.807) is 50.6 Å². The van der Waals surface area contributed by atoms with E-state index in [1.807, 2.05) is 0 Å². The van der Waals surface area contributed by atoms with Crippen molar-refractivity contribution in [3.05, 3.63) is 65.6 Å². The molecular weight excluding hydrogens is 351 g/mol. The van der Waals surface area contributed by atoms with Crippen molar-refractivity contribution in [2.24, 2.45) is 5.10 Å². The number of rotatable bonds is 6. The Morgan fingerprint density at radius 1 is 1.15 bits per heavy atom. The van der Waals surface area contributed by atoms with Gasteiger partial charge in [0.1, 0.15) is 11.5 Å². The first-order valence-corrected chi connectivity index (χ1v) is 7.97. The summed E-state index contributed by atoms with van der Waals surface area (Å²) in [4.78, 5) is 12.2. The van der Waals surface area contributed by atoms with Crippen LogP contribution in [0.1, 0.15) is 16.1 Å². The van der Waals surface area contributed by atoms with Crippen molar-refractivity contribution in [3.8, 4) is 22.8 Å². The number of nitrogens with one attached hydrogen (secondary N) is 2. The second kappa shape index (κ2) is 8.13. The number of ether oxygens (including phenoxy) is 2. The molecule has 0 saturated heterocycles. The van der Waals surface area contributed by atoms with Crippen LogP contribution in [0.3, 0.4) is 0 Å². The maximum atomic E-state index is 13.1. The number of benzene rings is 2. The van der Waals surface area contributed by atoms with Gasteiger partial charge >= 0.3 is 0 Å². The summed E-state index contributed by atoms with van der Waals surface area (Å²) < 4.78 is 23.6. The molecule has 7 nitrogen and oxygen atoms in total. The number of carbonyl (C=O) groups is 1. The van der Waals surface area contributed by atoms with Crippen molar-refractivity contribution in [2.75, 3.05) is 14.2 Å². The molecule has 1 aromatic heterocycles. The predicted octanol–water partition coefficient (Wildman–Crippen LogP) is 3.00. The highest BCUT2D eigenvalue weighted by atomic mass is 19.1. The van der Waals surface area contributed by atoms with E-state index in [9.17, 15) is 9.18 Å². The number of aromatic nitrogens is 2. The smallest absolute Gasteiger partial charge is 0.289 e. The first-order valence-electron chi connectivity index (χ1n) is 7.97. The van der Waals surface area contributed by atoms with Gasteiger partial charge < -0.3 is 9.47 Å². The lowest BCUT2D eigenvalue weighted by Crippen LogP contribution is -2.18. The van der Waals surface area contributed by atoms with E-state index in [0.717, 1.165) is 5.56 Å². The van der Waals surface area contributed by atoms with Gasteiger partial charge in [-0.3, -0.25) is 9.89 Å². The molecule has 0 spiro atoms. The van der Waals surface area contributed by atoms with Gasteiger partial charge in [0.05, 0.1) is 26.1 Å². The number of carbonyl (C=O) groups excluding carboxylic acids is 1. The SMILES string of the molecule is COc1ccc(-c2cc(C(=O)N/N=C\c3cccc(F)c3)[nH]n2)cc1OC. The molecule has 0 unspecified atom stereocenters. The zero-order chi connectivity index (χ0) is 19.2. The van der Waals surface area contributed by atoms with Crippen molar-refractivity contribution in [1.82, 2.24) is 15.6 Å². The maximum absolute atomic E-state index is 13.1. The fourth-order valence-corrected chi connectivity index (χ4v) is 2.39. The Labute approximate surface area is 154 Å². The summed E-state index contributed by atoms with van der Waals surface area (Å²) in [5.74, 6) is 0.311. The molecule has 2 aromatic carbocycles. The van der Waals surface area contributed by atoms with E-state index in [0.29, 0.717) is 22.8 Å². The lowest BCUT2D eigenvalue weighted by Gasteiger charge is -2.08. The molecule has 3 rings (SSSR count). The zero-order valence-electron chi connectivity index (χ0n) is 14.7. The summed E-state index contributed by atoms with van der Waals surface area (Å²) in [5.41, 5.74) is 4.45. The van der Waals surface area contributed by atoms with Crippen LogP contribution >= 0.6 is 0 Å². The molecule has 2 N–H and O–H groups in total. The molecule has 0 atom stereocenters. The van der Waals surface area contributed by atoms with Crippen molar-refractivity contribution in [2.45, 2.75) is 0 Å². The Morgan fingerprint density at radius 2 is 1.96 bits per heavy atom. The highest BCUT2D eigenvalue weighted by Gasteiger charge is 2.12. The van der Waals surface area contributed by atoms with Crippen LogP contribution in [0, 0.1) is 5.82 Å². The zero-order valence-corrected chi connectivity index (χ0v) is 14.7. The van der Waals surface area contributed by atoms with Gasteiger partial charge in [0, 0.05) is 5.56 Å². The molecule has 0 aliphatic rings. The van der Waals surface area contributed by atoms with E-state index in [-0.39, 0.29) is 11.5 Å². The molecule has 27 heavy (non-hydrogen) atoms. The molecule has 8 heteroatoms. The van der Waals surface area contributed by atoms with E-state index < -0.39 is 5.91 Å². The normalized spacial score (nSPS) is 10.8. The van der Waals surface area contributed by atoms with Gasteiger partial charge in [0.25, 0.3) is 5.91 Å².